The normalized spacial score (nSPS) is 15.3. The monoisotopic (exact) mass is 160 g/mol. The molecule has 0 unspecified atom stereocenters. The summed E-state index contributed by atoms with van der Waals surface area (Å²) >= 11 is 0. The molecule has 0 aromatic heterocycles. The minimum absolute atomic E-state index is 0.361. The Hall–Kier alpha value is -1.24. The molecule has 0 bridgehead atoms. The van der Waals surface area contributed by atoms with E-state index >= 15 is 0 Å². The third-order valence-electron chi connectivity index (χ3n) is 2.24. The van der Waals surface area contributed by atoms with Gasteiger partial charge in [-0.15, -0.1) is 0 Å². The highest BCUT2D eigenvalue weighted by Gasteiger charge is 2.03. The van der Waals surface area contributed by atoms with Crippen molar-refractivity contribution in [1.82, 2.24) is 0 Å². The minimum atomic E-state index is 0.361. The van der Waals surface area contributed by atoms with Gasteiger partial charge in [0.15, 0.2) is 0 Å². The number of hydrogen-bond acceptors (Lipinski definition) is 1. The van der Waals surface area contributed by atoms with Gasteiger partial charge in [0.05, 0.1) is 0 Å². The summed E-state index contributed by atoms with van der Waals surface area (Å²) in [6.07, 6.45) is 7.76. The van der Waals surface area contributed by atoms with E-state index in [4.69, 9.17) is 0 Å². The van der Waals surface area contributed by atoms with Crippen molar-refractivity contribution in [2.24, 2.45) is 0 Å². The molecular formula is C11H12O. The third kappa shape index (κ3) is 1.35. The van der Waals surface area contributed by atoms with Crippen molar-refractivity contribution < 1.29 is 5.11 Å². The Balaban J connectivity index is 2.47. The first-order valence-corrected chi connectivity index (χ1v) is 4.35. The van der Waals surface area contributed by atoms with Crippen LogP contribution in [-0.2, 0) is 6.42 Å². The van der Waals surface area contributed by atoms with Gasteiger partial charge in [-0.3, -0.25) is 0 Å². The zero-order chi connectivity index (χ0) is 8.39. The summed E-state index contributed by atoms with van der Waals surface area (Å²) in [4.78, 5) is 0. The quantitative estimate of drug-likeness (QED) is 0.618. The summed E-state index contributed by atoms with van der Waals surface area (Å²) in [7, 11) is 0. The first kappa shape index (κ1) is 7.41. The average Bonchev–Trinajstić information content (AvgIpc) is 2.28. The fraction of sp³-hybridized carbons (Fsp3) is 0.273. The molecule has 12 heavy (non-hydrogen) atoms. The Morgan fingerprint density at radius 3 is 3.08 bits per heavy atom. The highest BCUT2D eigenvalue weighted by molar-refractivity contribution is 5.56. The van der Waals surface area contributed by atoms with Crippen LogP contribution >= 0.6 is 0 Å². The molecule has 0 fully saturated rings. The topological polar surface area (TPSA) is 20.2 Å². The van der Waals surface area contributed by atoms with Crippen LogP contribution in [-0.4, -0.2) is 5.11 Å². The molecule has 1 aliphatic carbocycles. The lowest BCUT2D eigenvalue weighted by Crippen LogP contribution is -1.86. The molecule has 1 heteroatoms. The summed E-state index contributed by atoms with van der Waals surface area (Å²) in [6, 6.07) is 5.61. The van der Waals surface area contributed by atoms with Gasteiger partial charge < -0.3 is 5.11 Å². The Kier molecular flexibility index (Phi) is 1.86. The lowest BCUT2D eigenvalue weighted by molar-refractivity contribution is 0.475. The summed E-state index contributed by atoms with van der Waals surface area (Å²) in [5, 5.41) is 9.25. The molecule has 62 valence electrons. The number of aryl methyl sites for hydroxylation is 1. The Morgan fingerprint density at radius 1 is 1.25 bits per heavy atom. The fourth-order valence-electron chi connectivity index (χ4n) is 1.59. The Labute approximate surface area is 72.4 Å². The maximum Gasteiger partial charge on any atom is 0.116 e. The maximum atomic E-state index is 9.25. The molecule has 0 spiro atoms. The number of benzene rings is 1. The van der Waals surface area contributed by atoms with Crippen molar-refractivity contribution in [1.29, 1.82) is 0 Å². The predicted molar refractivity (Wildman–Crippen MR) is 50.1 cm³/mol. The zero-order valence-electron chi connectivity index (χ0n) is 6.96. The first-order chi connectivity index (χ1) is 5.86. The molecule has 1 aromatic carbocycles. The van der Waals surface area contributed by atoms with E-state index in [0.29, 0.717) is 5.75 Å². The number of rotatable bonds is 0. The summed E-state index contributed by atoms with van der Waals surface area (Å²) < 4.78 is 0. The highest BCUT2D eigenvalue weighted by Crippen LogP contribution is 2.22. The van der Waals surface area contributed by atoms with Crippen LogP contribution in [0.25, 0.3) is 6.08 Å². The predicted octanol–water partition coefficient (Wildman–Crippen LogP) is 2.74. The third-order valence-corrected chi connectivity index (χ3v) is 2.24. The molecule has 1 aliphatic rings. The average molecular weight is 160 g/mol. The Morgan fingerprint density at radius 2 is 2.17 bits per heavy atom. The number of phenolic OH excluding ortho intramolecular Hbond substituents is 1. The summed E-state index contributed by atoms with van der Waals surface area (Å²) in [5.74, 6) is 0.361. The van der Waals surface area contributed by atoms with Crippen LogP contribution in [0.2, 0.25) is 0 Å². The molecule has 0 heterocycles. The van der Waals surface area contributed by atoms with Crippen molar-refractivity contribution in [2.45, 2.75) is 19.3 Å². The first-order valence-electron chi connectivity index (χ1n) is 4.35. The van der Waals surface area contributed by atoms with Crippen LogP contribution in [0.5, 0.6) is 5.75 Å². The number of allylic oxidation sites excluding steroid dienone is 1. The molecule has 0 atom stereocenters. The second-order valence-electron chi connectivity index (χ2n) is 3.18. The van der Waals surface area contributed by atoms with Gasteiger partial charge in [0.1, 0.15) is 5.75 Å². The van der Waals surface area contributed by atoms with Crippen molar-refractivity contribution in [3.8, 4) is 5.75 Å². The standard InChI is InChI=1S/C11H12O/c12-11-7-6-9-4-2-1-3-5-10(9)8-11/h3,5-8,12H,1-2,4H2. The van der Waals surface area contributed by atoms with Crippen LogP contribution in [0.3, 0.4) is 0 Å². The molecule has 0 radical (unpaired) electrons. The summed E-state index contributed by atoms with van der Waals surface area (Å²) in [5.41, 5.74) is 2.52. The van der Waals surface area contributed by atoms with E-state index in [1.54, 1.807) is 6.07 Å². The minimum Gasteiger partial charge on any atom is -0.508 e. The molecule has 0 aliphatic heterocycles. The molecule has 1 aromatic rings. The van der Waals surface area contributed by atoms with Gasteiger partial charge in [-0.05, 0) is 42.5 Å². The van der Waals surface area contributed by atoms with Gasteiger partial charge in [0, 0.05) is 0 Å². The van der Waals surface area contributed by atoms with Crippen molar-refractivity contribution >= 4 is 6.08 Å². The van der Waals surface area contributed by atoms with Crippen molar-refractivity contribution in [3.63, 3.8) is 0 Å². The smallest absolute Gasteiger partial charge is 0.116 e. The fourth-order valence-corrected chi connectivity index (χ4v) is 1.59. The number of fused-ring (bicyclic) bond motifs is 1. The number of hydrogen-bond donors (Lipinski definition) is 1. The van der Waals surface area contributed by atoms with Gasteiger partial charge in [0.2, 0.25) is 0 Å². The lowest BCUT2D eigenvalue weighted by atomic mass is 10.0. The van der Waals surface area contributed by atoms with Gasteiger partial charge in [0.25, 0.3) is 0 Å². The number of aromatic hydroxyl groups is 1. The highest BCUT2D eigenvalue weighted by atomic mass is 16.3. The van der Waals surface area contributed by atoms with Gasteiger partial charge in [-0.2, -0.15) is 0 Å². The van der Waals surface area contributed by atoms with E-state index in [1.807, 2.05) is 12.1 Å². The van der Waals surface area contributed by atoms with Crippen molar-refractivity contribution in [2.75, 3.05) is 0 Å². The second-order valence-corrected chi connectivity index (χ2v) is 3.18. The van der Waals surface area contributed by atoms with E-state index in [9.17, 15) is 5.11 Å². The van der Waals surface area contributed by atoms with E-state index in [0.717, 1.165) is 12.8 Å². The van der Waals surface area contributed by atoms with Crippen LogP contribution in [0.4, 0.5) is 0 Å². The van der Waals surface area contributed by atoms with E-state index in [2.05, 4.69) is 12.2 Å². The van der Waals surface area contributed by atoms with Gasteiger partial charge in [-0.1, -0.05) is 18.2 Å². The van der Waals surface area contributed by atoms with Crippen LogP contribution in [0.1, 0.15) is 24.0 Å². The molecule has 0 saturated heterocycles. The number of phenols is 1. The molecule has 2 rings (SSSR count). The van der Waals surface area contributed by atoms with Gasteiger partial charge in [-0.25, -0.2) is 0 Å². The molecule has 1 N–H and O–H groups in total. The molecular weight excluding hydrogens is 148 g/mol. The largest absolute Gasteiger partial charge is 0.508 e. The van der Waals surface area contributed by atoms with E-state index in [-0.39, 0.29) is 0 Å². The zero-order valence-corrected chi connectivity index (χ0v) is 6.96. The van der Waals surface area contributed by atoms with Crippen LogP contribution in [0, 0.1) is 0 Å². The van der Waals surface area contributed by atoms with E-state index in [1.165, 1.54) is 17.5 Å². The lowest BCUT2D eigenvalue weighted by Gasteiger charge is -2.02. The maximum absolute atomic E-state index is 9.25. The van der Waals surface area contributed by atoms with Crippen LogP contribution in [0.15, 0.2) is 24.3 Å². The van der Waals surface area contributed by atoms with Crippen molar-refractivity contribution in [3.05, 3.63) is 35.4 Å². The molecule has 0 amide bonds. The molecule has 0 saturated carbocycles. The second kappa shape index (κ2) is 3.02. The molecule has 1 nitrogen and oxygen atoms in total. The summed E-state index contributed by atoms with van der Waals surface area (Å²) in [6.45, 7) is 0. The van der Waals surface area contributed by atoms with E-state index < -0.39 is 0 Å². The van der Waals surface area contributed by atoms with Crippen LogP contribution < -0.4 is 0 Å². The Bertz CT molecular complexity index is 313. The SMILES string of the molecule is Oc1ccc2c(c1)C=CCCC2. The van der Waals surface area contributed by atoms with Gasteiger partial charge >= 0.3 is 0 Å².